The fraction of sp³-hybridized carbons (Fsp3) is 0.125. The molecular weight excluding hydrogens is 224 g/mol. The first kappa shape index (κ1) is 11.0. The molecule has 0 atom stereocenters. The Morgan fingerprint density at radius 1 is 1.43 bits per heavy atom. The molecule has 0 saturated heterocycles. The summed E-state index contributed by atoms with van der Waals surface area (Å²) >= 11 is 5.66. The molecule has 0 fully saturated rings. The third-order valence-corrected chi connectivity index (χ3v) is 2.65. The van der Waals surface area contributed by atoms with E-state index in [9.17, 15) is 8.42 Å². The van der Waals surface area contributed by atoms with Crippen LogP contribution in [0.25, 0.3) is 0 Å². The summed E-state index contributed by atoms with van der Waals surface area (Å²) in [4.78, 5) is -0.0738. The molecule has 0 unspecified atom stereocenters. The van der Waals surface area contributed by atoms with E-state index in [0.29, 0.717) is 5.56 Å². The number of nitrogens with two attached hydrogens (primary N) is 1. The van der Waals surface area contributed by atoms with Crippen LogP contribution in [0.15, 0.2) is 23.1 Å². The van der Waals surface area contributed by atoms with Gasteiger partial charge in [0.2, 0.25) is 10.0 Å². The van der Waals surface area contributed by atoms with Gasteiger partial charge in [-0.3, -0.25) is 0 Å². The second kappa shape index (κ2) is 3.96. The van der Waals surface area contributed by atoms with Crippen molar-refractivity contribution in [2.45, 2.75) is 11.3 Å². The van der Waals surface area contributed by atoms with E-state index in [1.54, 1.807) is 0 Å². The summed E-state index contributed by atoms with van der Waals surface area (Å²) < 4.78 is 22.0. The van der Waals surface area contributed by atoms with E-state index in [-0.39, 0.29) is 16.3 Å². The van der Waals surface area contributed by atoms with Gasteiger partial charge in [0.15, 0.2) is 0 Å². The second-order valence-corrected chi connectivity index (χ2v) is 4.67. The molecule has 14 heavy (non-hydrogen) atoms. The highest BCUT2D eigenvalue weighted by atomic mass is 35.5. The smallest absolute Gasteiger partial charge is 0.225 e. The molecule has 0 radical (unpaired) electrons. The number of primary sulfonamides is 1. The largest absolute Gasteiger partial charge is 0.238 e. The quantitative estimate of drug-likeness (QED) is 0.824. The molecule has 0 aliphatic heterocycles. The first-order chi connectivity index (χ1) is 6.43. The van der Waals surface area contributed by atoms with E-state index >= 15 is 0 Å². The zero-order chi connectivity index (χ0) is 10.8. The molecule has 6 heteroatoms. The first-order valence-corrected chi connectivity index (χ1v) is 5.55. The van der Waals surface area contributed by atoms with Crippen molar-refractivity contribution >= 4 is 21.6 Å². The Morgan fingerprint density at radius 3 is 2.57 bits per heavy atom. The van der Waals surface area contributed by atoms with Gasteiger partial charge in [0.1, 0.15) is 0 Å². The SMILES string of the molecule is N#CCc1cc(Cl)cc(S(N)(=O)=O)c1. The number of sulfonamides is 1. The first-order valence-electron chi connectivity index (χ1n) is 3.62. The highest BCUT2D eigenvalue weighted by Gasteiger charge is 2.09. The molecule has 0 saturated carbocycles. The maximum atomic E-state index is 11.0. The van der Waals surface area contributed by atoms with Crippen LogP contribution in [-0.4, -0.2) is 8.42 Å². The molecule has 1 aromatic rings. The lowest BCUT2D eigenvalue weighted by atomic mass is 10.2. The van der Waals surface area contributed by atoms with Crippen molar-refractivity contribution in [1.29, 1.82) is 5.26 Å². The van der Waals surface area contributed by atoms with Gasteiger partial charge >= 0.3 is 0 Å². The summed E-state index contributed by atoms with van der Waals surface area (Å²) in [6, 6.07) is 6.01. The minimum Gasteiger partial charge on any atom is -0.225 e. The molecule has 2 N–H and O–H groups in total. The third kappa shape index (κ3) is 2.70. The van der Waals surface area contributed by atoms with E-state index in [1.807, 2.05) is 6.07 Å². The van der Waals surface area contributed by atoms with Crippen LogP contribution in [0.4, 0.5) is 0 Å². The molecule has 1 aromatic carbocycles. The fourth-order valence-electron chi connectivity index (χ4n) is 0.978. The average molecular weight is 231 g/mol. The van der Waals surface area contributed by atoms with E-state index in [0.717, 1.165) is 0 Å². The summed E-state index contributed by atoms with van der Waals surface area (Å²) in [7, 11) is -3.76. The second-order valence-electron chi connectivity index (χ2n) is 2.68. The molecule has 0 spiro atoms. The van der Waals surface area contributed by atoms with Crippen molar-refractivity contribution in [1.82, 2.24) is 0 Å². The van der Waals surface area contributed by atoms with Crippen molar-refractivity contribution in [3.8, 4) is 6.07 Å². The van der Waals surface area contributed by atoms with Crippen LogP contribution in [0, 0.1) is 11.3 Å². The molecule has 0 aromatic heterocycles. The summed E-state index contributed by atoms with van der Waals surface area (Å²) in [6.07, 6.45) is 0.100. The molecule has 0 bridgehead atoms. The van der Waals surface area contributed by atoms with Gasteiger partial charge in [-0.1, -0.05) is 11.6 Å². The number of nitriles is 1. The van der Waals surface area contributed by atoms with Gasteiger partial charge in [-0.2, -0.15) is 5.26 Å². The van der Waals surface area contributed by atoms with E-state index in [1.165, 1.54) is 18.2 Å². The molecule has 0 amide bonds. The number of hydrogen-bond donors (Lipinski definition) is 1. The molecular formula is C8H7ClN2O2S. The van der Waals surface area contributed by atoms with Gasteiger partial charge in [0.25, 0.3) is 0 Å². The zero-order valence-corrected chi connectivity index (χ0v) is 8.64. The van der Waals surface area contributed by atoms with E-state index in [2.05, 4.69) is 0 Å². The van der Waals surface area contributed by atoms with Gasteiger partial charge in [-0.15, -0.1) is 0 Å². The number of nitrogens with zero attached hydrogens (tertiary/aromatic N) is 1. The Balaban J connectivity index is 3.29. The molecule has 4 nitrogen and oxygen atoms in total. The van der Waals surface area contributed by atoms with E-state index < -0.39 is 10.0 Å². The van der Waals surface area contributed by atoms with Gasteiger partial charge in [-0.25, -0.2) is 13.6 Å². The Bertz CT molecular complexity index is 491. The normalized spacial score (nSPS) is 10.9. The molecule has 1 rings (SSSR count). The van der Waals surface area contributed by atoms with Crippen LogP contribution in [0.2, 0.25) is 5.02 Å². The summed E-state index contributed by atoms with van der Waals surface area (Å²) in [5, 5.41) is 13.6. The topological polar surface area (TPSA) is 83.9 Å². The summed E-state index contributed by atoms with van der Waals surface area (Å²) in [6.45, 7) is 0. The van der Waals surface area contributed by atoms with Crippen molar-refractivity contribution < 1.29 is 8.42 Å². The molecule has 0 aliphatic carbocycles. The number of rotatable bonds is 2. The Morgan fingerprint density at radius 2 is 2.07 bits per heavy atom. The lowest BCUT2D eigenvalue weighted by Gasteiger charge is -2.01. The monoisotopic (exact) mass is 230 g/mol. The van der Waals surface area contributed by atoms with Crippen molar-refractivity contribution in [2.75, 3.05) is 0 Å². The van der Waals surface area contributed by atoms with Crippen LogP contribution in [0.3, 0.4) is 0 Å². The van der Waals surface area contributed by atoms with Crippen LogP contribution in [-0.2, 0) is 16.4 Å². The summed E-state index contributed by atoms with van der Waals surface area (Å²) in [5.41, 5.74) is 0.532. The van der Waals surface area contributed by atoms with Crippen LogP contribution < -0.4 is 5.14 Å². The highest BCUT2D eigenvalue weighted by molar-refractivity contribution is 7.89. The number of halogens is 1. The average Bonchev–Trinajstić information content (AvgIpc) is 2.02. The minimum absolute atomic E-state index is 0.0738. The minimum atomic E-state index is -3.76. The van der Waals surface area contributed by atoms with Gasteiger partial charge in [0, 0.05) is 5.02 Å². The van der Waals surface area contributed by atoms with Crippen molar-refractivity contribution in [3.63, 3.8) is 0 Å². The maximum absolute atomic E-state index is 11.0. The van der Waals surface area contributed by atoms with Gasteiger partial charge < -0.3 is 0 Å². The maximum Gasteiger partial charge on any atom is 0.238 e. The predicted molar refractivity (Wildman–Crippen MR) is 52.1 cm³/mol. The zero-order valence-electron chi connectivity index (χ0n) is 7.07. The van der Waals surface area contributed by atoms with Gasteiger partial charge in [0.05, 0.1) is 17.4 Å². The lowest BCUT2D eigenvalue weighted by Crippen LogP contribution is -2.12. The Hall–Kier alpha value is -1.09. The van der Waals surface area contributed by atoms with Crippen molar-refractivity contribution in [3.05, 3.63) is 28.8 Å². The lowest BCUT2D eigenvalue weighted by molar-refractivity contribution is 0.597. The summed E-state index contributed by atoms with van der Waals surface area (Å²) in [5.74, 6) is 0. The Labute approximate surface area is 87.0 Å². The molecule has 74 valence electrons. The molecule has 0 aliphatic rings. The van der Waals surface area contributed by atoms with E-state index in [4.69, 9.17) is 22.0 Å². The number of benzene rings is 1. The van der Waals surface area contributed by atoms with Crippen LogP contribution >= 0.6 is 11.6 Å². The van der Waals surface area contributed by atoms with Crippen molar-refractivity contribution in [2.24, 2.45) is 5.14 Å². The van der Waals surface area contributed by atoms with Gasteiger partial charge in [-0.05, 0) is 23.8 Å². The third-order valence-electron chi connectivity index (χ3n) is 1.54. The fourth-order valence-corrected chi connectivity index (χ4v) is 1.91. The highest BCUT2D eigenvalue weighted by Crippen LogP contribution is 2.18. The number of hydrogen-bond acceptors (Lipinski definition) is 3. The van der Waals surface area contributed by atoms with Crippen LogP contribution in [0.5, 0.6) is 0 Å². The van der Waals surface area contributed by atoms with Crippen LogP contribution in [0.1, 0.15) is 5.56 Å². The Kier molecular flexibility index (Phi) is 3.11. The standard InChI is InChI=1S/C8H7ClN2O2S/c9-7-3-6(1-2-10)4-8(5-7)14(11,12)13/h3-5H,1H2,(H2,11,12,13). The molecule has 0 heterocycles. The predicted octanol–water partition coefficient (Wildman–Crippen LogP) is 1.05.